The molecule has 0 unspecified atom stereocenters. The standard InChI is InChI=1S/C23H24N2O5/c1-24-16-3-2-4-19(13-16)30-21-15-28-22-20(14-27-23(21)22)29-18-7-5-17(6-8-18)25-9-11-26-12-10-25/h2-8,13,20-23H,9-12,14-15H2/t20-,21+,22-,23-/m1/s1. The Hall–Kier alpha value is -2.79. The van der Waals surface area contributed by atoms with Crippen molar-refractivity contribution in [2.75, 3.05) is 44.4 Å². The number of morpholine rings is 1. The number of rotatable bonds is 5. The third kappa shape index (κ3) is 3.94. The average molecular weight is 408 g/mol. The summed E-state index contributed by atoms with van der Waals surface area (Å²) in [6.45, 7) is 11.4. The van der Waals surface area contributed by atoms with Crippen molar-refractivity contribution < 1.29 is 23.7 Å². The summed E-state index contributed by atoms with van der Waals surface area (Å²) in [5.74, 6) is 1.46. The van der Waals surface area contributed by atoms with Gasteiger partial charge in [0.1, 0.15) is 23.7 Å². The Bertz CT molecular complexity index is 907. The molecule has 4 atom stereocenters. The zero-order valence-electron chi connectivity index (χ0n) is 16.6. The fraction of sp³-hybridized carbons (Fsp3) is 0.435. The van der Waals surface area contributed by atoms with Crippen LogP contribution in [0.15, 0.2) is 48.5 Å². The first-order valence-corrected chi connectivity index (χ1v) is 10.3. The second-order valence-corrected chi connectivity index (χ2v) is 7.61. The van der Waals surface area contributed by atoms with Crippen molar-refractivity contribution in [3.8, 4) is 11.5 Å². The summed E-state index contributed by atoms with van der Waals surface area (Å²) >= 11 is 0. The Morgan fingerprint density at radius 2 is 1.53 bits per heavy atom. The predicted octanol–water partition coefficient (Wildman–Crippen LogP) is 3.07. The van der Waals surface area contributed by atoms with Crippen LogP contribution in [0.4, 0.5) is 11.4 Å². The smallest absolute Gasteiger partial charge is 0.190 e. The van der Waals surface area contributed by atoms with E-state index in [0.717, 1.165) is 32.1 Å². The molecule has 0 saturated carbocycles. The fourth-order valence-electron chi connectivity index (χ4n) is 4.16. The van der Waals surface area contributed by atoms with Gasteiger partial charge < -0.3 is 28.6 Å². The maximum absolute atomic E-state index is 7.14. The molecule has 0 aliphatic carbocycles. The molecule has 7 nitrogen and oxygen atoms in total. The van der Waals surface area contributed by atoms with Crippen molar-refractivity contribution >= 4 is 11.4 Å². The molecule has 3 aliphatic heterocycles. The first kappa shape index (κ1) is 19.2. The highest BCUT2D eigenvalue weighted by Crippen LogP contribution is 2.33. The summed E-state index contributed by atoms with van der Waals surface area (Å²) in [4.78, 5) is 5.76. The van der Waals surface area contributed by atoms with Gasteiger partial charge in [0, 0.05) is 18.8 Å². The molecule has 3 fully saturated rings. The number of hydrogen-bond acceptors (Lipinski definition) is 6. The van der Waals surface area contributed by atoms with E-state index in [-0.39, 0.29) is 24.4 Å². The van der Waals surface area contributed by atoms with Gasteiger partial charge in [0.25, 0.3) is 0 Å². The molecule has 3 saturated heterocycles. The summed E-state index contributed by atoms with van der Waals surface area (Å²) in [5, 5.41) is 0. The van der Waals surface area contributed by atoms with Crippen molar-refractivity contribution in [1.29, 1.82) is 0 Å². The van der Waals surface area contributed by atoms with Gasteiger partial charge in [-0.15, -0.1) is 0 Å². The molecule has 0 amide bonds. The molecule has 5 rings (SSSR count). The summed E-state index contributed by atoms with van der Waals surface area (Å²) in [7, 11) is 0. The van der Waals surface area contributed by atoms with Crippen LogP contribution >= 0.6 is 0 Å². The number of nitrogens with zero attached hydrogens (tertiary/aromatic N) is 2. The molecule has 156 valence electrons. The minimum atomic E-state index is -0.215. The normalized spacial score (nSPS) is 28.0. The Labute approximate surface area is 175 Å². The fourth-order valence-corrected chi connectivity index (χ4v) is 4.16. The zero-order valence-corrected chi connectivity index (χ0v) is 16.6. The van der Waals surface area contributed by atoms with Crippen LogP contribution in [0.3, 0.4) is 0 Å². The quantitative estimate of drug-likeness (QED) is 0.709. The molecule has 2 aromatic rings. The van der Waals surface area contributed by atoms with Crippen molar-refractivity contribution in [3.05, 3.63) is 59.9 Å². The Balaban J connectivity index is 1.19. The summed E-state index contributed by atoms with van der Waals surface area (Å²) in [5.41, 5.74) is 1.73. The van der Waals surface area contributed by atoms with Crippen LogP contribution in [0.2, 0.25) is 0 Å². The maximum atomic E-state index is 7.14. The van der Waals surface area contributed by atoms with Crippen LogP contribution in [0.1, 0.15) is 0 Å². The van der Waals surface area contributed by atoms with E-state index < -0.39 is 0 Å². The van der Waals surface area contributed by atoms with Crippen molar-refractivity contribution in [2.45, 2.75) is 24.4 Å². The molecule has 3 heterocycles. The summed E-state index contributed by atoms with van der Waals surface area (Å²) < 4.78 is 29.6. The second-order valence-electron chi connectivity index (χ2n) is 7.61. The van der Waals surface area contributed by atoms with Crippen molar-refractivity contribution in [2.24, 2.45) is 0 Å². The van der Waals surface area contributed by atoms with E-state index in [1.165, 1.54) is 5.69 Å². The van der Waals surface area contributed by atoms with Crippen LogP contribution in [0, 0.1) is 6.57 Å². The lowest BCUT2D eigenvalue weighted by Gasteiger charge is -2.29. The summed E-state index contributed by atoms with van der Waals surface area (Å²) in [6.07, 6.45) is -0.738. The first-order chi connectivity index (χ1) is 14.8. The lowest BCUT2D eigenvalue weighted by molar-refractivity contribution is 0.0181. The third-order valence-corrected chi connectivity index (χ3v) is 5.70. The number of hydrogen-bond donors (Lipinski definition) is 0. The molecule has 0 N–H and O–H groups in total. The molecule has 2 aromatic carbocycles. The van der Waals surface area contributed by atoms with Crippen LogP contribution in [0.25, 0.3) is 4.85 Å². The SMILES string of the molecule is [C-]#[N+]c1cccc(O[C@H]2CO[C@H]3[C@@H]2OC[C@H]3Oc2ccc(N3CCOCC3)cc2)c1. The Morgan fingerprint density at radius 1 is 0.867 bits per heavy atom. The molecule has 0 radical (unpaired) electrons. The van der Waals surface area contributed by atoms with E-state index in [1.54, 1.807) is 12.1 Å². The lowest BCUT2D eigenvalue weighted by Crippen LogP contribution is -2.36. The van der Waals surface area contributed by atoms with E-state index in [2.05, 4.69) is 21.9 Å². The summed E-state index contributed by atoms with van der Waals surface area (Å²) in [6, 6.07) is 15.3. The van der Waals surface area contributed by atoms with Gasteiger partial charge in [0.2, 0.25) is 0 Å². The highest BCUT2D eigenvalue weighted by atomic mass is 16.6. The number of ether oxygens (including phenoxy) is 5. The van der Waals surface area contributed by atoms with E-state index in [1.807, 2.05) is 24.3 Å². The minimum Gasteiger partial charge on any atom is -0.487 e. The molecule has 3 aliphatic rings. The van der Waals surface area contributed by atoms with Gasteiger partial charge in [-0.1, -0.05) is 12.1 Å². The molecule has 30 heavy (non-hydrogen) atoms. The lowest BCUT2D eigenvalue weighted by atomic mass is 10.1. The number of fused-ring (bicyclic) bond motifs is 1. The van der Waals surface area contributed by atoms with Gasteiger partial charge in [-0.3, -0.25) is 0 Å². The van der Waals surface area contributed by atoms with Crippen LogP contribution < -0.4 is 14.4 Å². The topological polar surface area (TPSA) is 53.8 Å². The van der Waals surface area contributed by atoms with E-state index in [0.29, 0.717) is 24.7 Å². The first-order valence-electron chi connectivity index (χ1n) is 10.3. The average Bonchev–Trinajstić information content (AvgIpc) is 3.38. The van der Waals surface area contributed by atoms with E-state index >= 15 is 0 Å². The second kappa shape index (κ2) is 8.52. The molecule has 7 heteroatoms. The maximum Gasteiger partial charge on any atom is 0.190 e. The monoisotopic (exact) mass is 408 g/mol. The number of benzene rings is 2. The molecule has 0 bridgehead atoms. The van der Waals surface area contributed by atoms with Crippen LogP contribution in [-0.2, 0) is 14.2 Å². The van der Waals surface area contributed by atoms with Gasteiger partial charge in [-0.05, 0) is 36.4 Å². The molecule has 0 aromatic heterocycles. The largest absolute Gasteiger partial charge is 0.487 e. The van der Waals surface area contributed by atoms with Crippen molar-refractivity contribution in [1.82, 2.24) is 0 Å². The molecule has 0 spiro atoms. The van der Waals surface area contributed by atoms with Gasteiger partial charge in [-0.2, -0.15) is 0 Å². The molecular formula is C23H24N2O5. The zero-order chi connectivity index (χ0) is 20.3. The predicted molar refractivity (Wildman–Crippen MR) is 110 cm³/mol. The Morgan fingerprint density at radius 3 is 2.20 bits per heavy atom. The Kier molecular flexibility index (Phi) is 5.45. The van der Waals surface area contributed by atoms with Gasteiger partial charge in [-0.25, -0.2) is 4.85 Å². The molecular weight excluding hydrogens is 384 g/mol. The highest BCUT2D eigenvalue weighted by molar-refractivity contribution is 5.50. The van der Waals surface area contributed by atoms with E-state index in [9.17, 15) is 0 Å². The highest BCUT2D eigenvalue weighted by Gasteiger charge is 2.50. The van der Waals surface area contributed by atoms with Crippen LogP contribution in [0.5, 0.6) is 11.5 Å². The van der Waals surface area contributed by atoms with Crippen molar-refractivity contribution in [3.63, 3.8) is 0 Å². The van der Waals surface area contributed by atoms with Gasteiger partial charge in [0.15, 0.2) is 17.9 Å². The third-order valence-electron chi connectivity index (χ3n) is 5.70. The van der Waals surface area contributed by atoms with Gasteiger partial charge >= 0.3 is 0 Å². The minimum absolute atomic E-state index is 0.169. The van der Waals surface area contributed by atoms with Crippen LogP contribution in [-0.4, -0.2) is 63.9 Å². The van der Waals surface area contributed by atoms with E-state index in [4.69, 9.17) is 30.3 Å². The number of anilines is 1. The van der Waals surface area contributed by atoms with Gasteiger partial charge in [0.05, 0.1) is 33.0 Å².